The highest BCUT2D eigenvalue weighted by molar-refractivity contribution is 7.89. The number of halogens is 3. The third-order valence-electron chi connectivity index (χ3n) is 3.63. The number of hydrogen-bond acceptors (Lipinski definition) is 4. The number of likely N-dealkylation sites (N-methyl/N-ethyl adjacent to an activating group) is 1. The van der Waals surface area contributed by atoms with E-state index in [0.717, 1.165) is 28.6 Å². The van der Waals surface area contributed by atoms with Crippen LogP contribution in [0.4, 0.5) is 18.9 Å². The van der Waals surface area contributed by atoms with E-state index in [0.29, 0.717) is 5.75 Å². The van der Waals surface area contributed by atoms with Gasteiger partial charge >= 0.3 is 6.18 Å². The maximum absolute atomic E-state index is 12.5. The molecule has 0 unspecified atom stereocenters. The number of nitrogens with one attached hydrogen (secondary N) is 1. The number of benzene rings is 2. The van der Waals surface area contributed by atoms with Crippen molar-refractivity contribution in [1.29, 1.82) is 0 Å². The van der Waals surface area contributed by atoms with E-state index in [1.165, 1.54) is 38.4 Å². The van der Waals surface area contributed by atoms with Crippen molar-refractivity contribution in [3.8, 4) is 5.75 Å². The van der Waals surface area contributed by atoms with Gasteiger partial charge in [-0.05, 0) is 48.5 Å². The molecule has 0 spiro atoms. The fraction of sp³-hybridized carbons (Fsp3) is 0.235. The number of amides is 1. The molecule has 146 valence electrons. The molecule has 1 N–H and O–H groups in total. The second-order valence-corrected chi connectivity index (χ2v) is 7.60. The van der Waals surface area contributed by atoms with E-state index < -0.39 is 34.2 Å². The van der Waals surface area contributed by atoms with Crippen LogP contribution < -0.4 is 10.1 Å². The molecule has 1 amide bonds. The zero-order valence-corrected chi connectivity index (χ0v) is 15.3. The van der Waals surface area contributed by atoms with E-state index >= 15 is 0 Å². The van der Waals surface area contributed by atoms with Gasteiger partial charge in [0.2, 0.25) is 15.9 Å². The van der Waals surface area contributed by atoms with Gasteiger partial charge in [-0.25, -0.2) is 8.42 Å². The van der Waals surface area contributed by atoms with Crippen molar-refractivity contribution in [2.45, 2.75) is 11.1 Å². The van der Waals surface area contributed by atoms with Crippen LogP contribution in [0.5, 0.6) is 5.75 Å². The van der Waals surface area contributed by atoms with Gasteiger partial charge in [-0.3, -0.25) is 4.79 Å². The summed E-state index contributed by atoms with van der Waals surface area (Å²) < 4.78 is 68.3. The Labute approximate surface area is 154 Å². The van der Waals surface area contributed by atoms with Gasteiger partial charge in [0.05, 0.1) is 24.1 Å². The molecule has 0 atom stereocenters. The summed E-state index contributed by atoms with van der Waals surface area (Å²) in [5.41, 5.74) is -0.719. The van der Waals surface area contributed by atoms with Crippen molar-refractivity contribution in [3.63, 3.8) is 0 Å². The summed E-state index contributed by atoms with van der Waals surface area (Å²) in [6, 6.07) is 9.49. The number of anilines is 1. The molecule has 0 aliphatic rings. The maximum atomic E-state index is 12.5. The summed E-state index contributed by atoms with van der Waals surface area (Å²) in [4.78, 5) is 12.0. The molecular formula is C17H17F3N2O4S. The first kappa shape index (κ1) is 20.7. The third-order valence-corrected chi connectivity index (χ3v) is 5.45. The fourth-order valence-corrected chi connectivity index (χ4v) is 3.29. The first-order valence-corrected chi connectivity index (χ1v) is 9.05. The lowest BCUT2D eigenvalue weighted by Gasteiger charge is -2.17. The highest BCUT2D eigenvalue weighted by Gasteiger charge is 2.30. The van der Waals surface area contributed by atoms with E-state index in [9.17, 15) is 26.4 Å². The molecule has 0 aliphatic carbocycles. The SMILES string of the molecule is COc1ccc(S(=O)(=O)N(C)CC(=O)Nc2ccc(C(F)(F)F)cc2)cc1. The van der Waals surface area contributed by atoms with E-state index in [4.69, 9.17) is 4.74 Å². The number of methoxy groups -OCH3 is 1. The Morgan fingerprint density at radius 2 is 1.63 bits per heavy atom. The lowest BCUT2D eigenvalue weighted by Crippen LogP contribution is -2.34. The summed E-state index contributed by atoms with van der Waals surface area (Å²) >= 11 is 0. The van der Waals surface area contributed by atoms with Crippen LogP contribution in [-0.4, -0.2) is 39.3 Å². The van der Waals surface area contributed by atoms with Crippen LogP contribution in [0.2, 0.25) is 0 Å². The minimum absolute atomic E-state index is 0.0202. The van der Waals surface area contributed by atoms with E-state index in [-0.39, 0.29) is 10.6 Å². The lowest BCUT2D eigenvalue weighted by atomic mass is 10.2. The third kappa shape index (κ3) is 5.20. The predicted molar refractivity (Wildman–Crippen MR) is 92.9 cm³/mol. The molecule has 6 nitrogen and oxygen atoms in total. The molecular weight excluding hydrogens is 385 g/mol. The van der Waals surface area contributed by atoms with E-state index in [1.54, 1.807) is 0 Å². The molecule has 0 fully saturated rings. The van der Waals surface area contributed by atoms with Crippen LogP contribution in [0, 0.1) is 0 Å². The van der Waals surface area contributed by atoms with E-state index in [2.05, 4.69) is 5.32 Å². The van der Waals surface area contributed by atoms with Crippen LogP contribution in [-0.2, 0) is 21.0 Å². The monoisotopic (exact) mass is 402 g/mol. The molecule has 0 aromatic heterocycles. The maximum Gasteiger partial charge on any atom is 0.416 e. The molecule has 0 heterocycles. The Kier molecular flexibility index (Phi) is 6.11. The molecule has 0 bridgehead atoms. The summed E-state index contributed by atoms with van der Waals surface area (Å²) in [5, 5.41) is 2.36. The summed E-state index contributed by atoms with van der Waals surface area (Å²) in [5.74, 6) is -0.203. The number of rotatable bonds is 6. The van der Waals surface area contributed by atoms with Gasteiger partial charge in [-0.1, -0.05) is 0 Å². The smallest absolute Gasteiger partial charge is 0.416 e. The average Bonchev–Trinajstić information content (AvgIpc) is 2.61. The van der Waals surface area contributed by atoms with Gasteiger partial charge in [0, 0.05) is 12.7 Å². The predicted octanol–water partition coefficient (Wildman–Crippen LogP) is 2.97. The van der Waals surface area contributed by atoms with Crippen molar-refractivity contribution in [2.75, 3.05) is 26.0 Å². The summed E-state index contributed by atoms with van der Waals surface area (Å²) in [7, 11) is -1.24. The van der Waals surface area contributed by atoms with Crippen molar-refractivity contribution in [3.05, 3.63) is 54.1 Å². The first-order valence-electron chi connectivity index (χ1n) is 7.61. The second kappa shape index (κ2) is 7.97. The molecule has 0 aliphatic heterocycles. The summed E-state index contributed by atoms with van der Waals surface area (Å²) in [6.07, 6.45) is -4.48. The topological polar surface area (TPSA) is 75.7 Å². The minimum Gasteiger partial charge on any atom is -0.497 e. The molecule has 0 saturated heterocycles. The standard InChI is InChI=1S/C17H17F3N2O4S/c1-22(27(24,25)15-9-7-14(26-2)8-10-15)11-16(23)21-13-5-3-12(4-6-13)17(18,19)20/h3-10H,11H2,1-2H3,(H,21,23). The molecule has 2 rings (SSSR count). The minimum atomic E-state index is -4.48. The van der Waals surface area contributed by atoms with Gasteiger partial charge in [0.1, 0.15) is 5.75 Å². The summed E-state index contributed by atoms with van der Waals surface area (Å²) in [6.45, 7) is -0.505. The van der Waals surface area contributed by atoms with Crippen molar-refractivity contribution >= 4 is 21.6 Å². The number of carbonyl (C=O) groups is 1. The zero-order valence-electron chi connectivity index (χ0n) is 14.4. The van der Waals surface area contributed by atoms with Crippen molar-refractivity contribution in [2.24, 2.45) is 0 Å². The fourth-order valence-electron chi connectivity index (χ4n) is 2.16. The van der Waals surface area contributed by atoms with Crippen LogP contribution >= 0.6 is 0 Å². The molecule has 27 heavy (non-hydrogen) atoms. The van der Waals surface area contributed by atoms with E-state index in [1.807, 2.05) is 0 Å². The van der Waals surface area contributed by atoms with Crippen LogP contribution in [0.25, 0.3) is 0 Å². The molecule has 2 aromatic carbocycles. The molecule has 0 radical (unpaired) electrons. The second-order valence-electron chi connectivity index (χ2n) is 5.56. The van der Waals surface area contributed by atoms with Crippen molar-refractivity contribution in [1.82, 2.24) is 4.31 Å². The highest BCUT2D eigenvalue weighted by Crippen LogP contribution is 2.29. The van der Waals surface area contributed by atoms with Gasteiger partial charge < -0.3 is 10.1 Å². The average molecular weight is 402 g/mol. The van der Waals surface area contributed by atoms with Gasteiger partial charge in [0.25, 0.3) is 0 Å². The van der Waals surface area contributed by atoms with Crippen molar-refractivity contribution < 1.29 is 31.1 Å². The number of sulfonamides is 1. The highest BCUT2D eigenvalue weighted by atomic mass is 32.2. The zero-order chi connectivity index (χ0) is 20.2. The normalized spacial score (nSPS) is 12.1. The Morgan fingerprint density at radius 1 is 1.07 bits per heavy atom. The number of carbonyl (C=O) groups excluding carboxylic acids is 1. The van der Waals surface area contributed by atoms with Crippen LogP contribution in [0.15, 0.2) is 53.4 Å². The van der Waals surface area contributed by atoms with Gasteiger partial charge in [-0.2, -0.15) is 17.5 Å². The first-order chi connectivity index (χ1) is 12.5. The Hall–Kier alpha value is -2.59. The van der Waals surface area contributed by atoms with Gasteiger partial charge in [0.15, 0.2) is 0 Å². The molecule has 0 saturated carbocycles. The lowest BCUT2D eigenvalue weighted by molar-refractivity contribution is -0.137. The number of nitrogens with zero attached hydrogens (tertiary/aromatic N) is 1. The Bertz CT molecular complexity index is 895. The van der Waals surface area contributed by atoms with Crippen LogP contribution in [0.3, 0.4) is 0 Å². The van der Waals surface area contributed by atoms with Crippen LogP contribution in [0.1, 0.15) is 5.56 Å². The number of ether oxygens (including phenoxy) is 1. The quantitative estimate of drug-likeness (QED) is 0.806. The Morgan fingerprint density at radius 3 is 2.11 bits per heavy atom. The number of alkyl halides is 3. The van der Waals surface area contributed by atoms with Gasteiger partial charge in [-0.15, -0.1) is 0 Å². The number of hydrogen-bond donors (Lipinski definition) is 1. The Balaban J connectivity index is 2.03. The molecule has 10 heteroatoms. The largest absolute Gasteiger partial charge is 0.497 e. The molecule has 2 aromatic rings.